The van der Waals surface area contributed by atoms with Crippen molar-refractivity contribution in [1.29, 1.82) is 0 Å². The van der Waals surface area contributed by atoms with Gasteiger partial charge < -0.3 is 10.6 Å². The van der Waals surface area contributed by atoms with E-state index in [1.165, 1.54) is 4.90 Å². The van der Waals surface area contributed by atoms with E-state index in [4.69, 9.17) is 5.73 Å². The first-order chi connectivity index (χ1) is 9.47. The van der Waals surface area contributed by atoms with Gasteiger partial charge in [-0.25, -0.2) is 4.39 Å². The van der Waals surface area contributed by atoms with E-state index in [1.54, 1.807) is 0 Å². The summed E-state index contributed by atoms with van der Waals surface area (Å²) in [7, 11) is 0. The molecule has 1 aromatic carbocycles. The van der Waals surface area contributed by atoms with Crippen molar-refractivity contribution in [2.75, 3.05) is 13.1 Å². The Hall–Kier alpha value is -2.09. The maximum Gasteiger partial charge on any atom is 0.305 e. The largest absolute Gasteiger partial charge is 0.334 e. The third kappa shape index (κ3) is 2.34. The van der Waals surface area contributed by atoms with Gasteiger partial charge in [0.2, 0.25) is 5.82 Å². The molecule has 0 bridgehead atoms. The average molecular weight is 285 g/mol. The zero-order valence-corrected chi connectivity index (χ0v) is 10.5. The molecule has 108 valence electrons. The summed E-state index contributed by atoms with van der Waals surface area (Å²) in [6, 6.07) is 1.13. The van der Waals surface area contributed by atoms with Crippen molar-refractivity contribution >= 4 is 11.6 Å². The highest BCUT2D eigenvalue weighted by Gasteiger charge is 2.34. The van der Waals surface area contributed by atoms with E-state index in [1.807, 2.05) is 0 Å². The summed E-state index contributed by atoms with van der Waals surface area (Å²) >= 11 is 0. The number of rotatable bonds is 3. The maximum atomic E-state index is 14.0. The van der Waals surface area contributed by atoms with Crippen LogP contribution in [0.1, 0.15) is 23.2 Å². The molecule has 0 saturated carbocycles. The van der Waals surface area contributed by atoms with Crippen LogP contribution in [0.2, 0.25) is 0 Å². The van der Waals surface area contributed by atoms with E-state index in [2.05, 4.69) is 0 Å². The van der Waals surface area contributed by atoms with Crippen LogP contribution in [0.15, 0.2) is 12.1 Å². The number of benzene rings is 1. The van der Waals surface area contributed by atoms with Gasteiger partial charge in [0.1, 0.15) is 11.4 Å². The van der Waals surface area contributed by atoms with Crippen molar-refractivity contribution in [1.82, 2.24) is 4.90 Å². The van der Waals surface area contributed by atoms with Crippen LogP contribution in [-0.2, 0) is 0 Å². The molecule has 2 N–H and O–H groups in total. The van der Waals surface area contributed by atoms with Crippen molar-refractivity contribution in [3.8, 4) is 0 Å². The summed E-state index contributed by atoms with van der Waals surface area (Å²) in [6.45, 7) is 0.520. The lowest BCUT2D eigenvalue weighted by molar-refractivity contribution is -0.387. The molecule has 1 atom stereocenters. The lowest BCUT2D eigenvalue weighted by atomic mass is 10.1. The minimum atomic E-state index is -1.44. The first kappa shape index (κ1) is 14.3. The average Bonchev–Trinajstić information content (AvgIpc) is 2.86. The molecule has 1 aliphatic rings. The van der Waals surface area contributed by atoms with Crippen molar-refractivity contribution in [2.45, 2.75) is 18.9 Å². The molecule has 1 aromatic rings. The third-order valence-electron chi connectivity index (χ3n) is 3.39. The Morgan fingerprint density at radius 2 is 2.20 bits per heavy atom. The zero-order valence-electron chi connectivity index (χ0n) is 10.5. The number of hydrogen-bond donors (Lipinski definition) is 1. The van der Waals surface area contributed by atoms with Gasteiger partial charge in [-0.15, -0.1) is 0 Å². The van der Waals surface area contributed by atoms with Crippen LogP contribution in [0.4, 0.5) is 14.5 Å². The monoisotopic (exact) mass is 285 g/mol. The van der Waals surface area contributed by atoms with E-state index < -0.39 is 33.7 Å². The molecular formula is C12H13F2N3O3. The predicted molar refractivity (Wildman–Crippen MR) is 66.1 cm³/mol. The van der Waals surface area contributed by atoms with Crippen molar-refractivity contribution in [3.05, 3.63) is 39.4 Å². The second-order valence-electron chi connectivity index (χ2n) is 4.54. The van der Waals surface area contributed by atoms with Crippen LogP contribution in [0, 0.1) is 21.7 Å². The molecule has 0 spiro atoms. The number of nitro groups is 1. The van der Waals surface area contributed by atoms with Crippen LogP contribution in [0.25, 0.3) is 0 Å². The third-order valence-corrected chi connectivity index (χ3v) is 3.39. The first-order valence-corrected chi connectivity index (χ1v) is 6.10. The predicted octanol–water partition coefficient (Wildman–Crippen LogP) is 1.44. The number of nitrogens with two attached hydrogens (primary N) is 1. The molecule has 2 rings (SSSR count). The van der Waals surface area contributed by atoms with Crippen LogP contribution in [-0.4, -0.2) is 34.9 Å². The highest BCUT2D eigenvalue weighted by atomic mass is 19.1. The second-order valence-corrected chi connectivity index (χ2v) is 4.54. The molecule has 0 aromatic heterocycles. The Bertz CT molecular complexity index is 565. The van der Waals surface area contributed by atoms with E-state index in [9.17, 15) is 23.7 Å². The lowest BCUT2D eigenvalue weighted by Crippen LogP contribution is -2.40. The molecule has 1 amide bonds. The number of amides is 1. The van der Waals surface area contributed by atoms with Gasteiger partial charge in [-0.2, -0.15) is 4.39 Å². The Morgan fingerprint density at radius 1 is 1.50 bits per heavy atom. The van der Waals surface area contributed by atoms with E-state index in [0.717, 1.165) is 6.07 Å². The molecule has 8 heteroatoms. The molecule has 1 saturated heterocycles. The molecule has 1 aliphatic heterocycles. The fraction of sp³-hybridized carbons (Fsp3) is 0.417. The topological polar surface area (TPSA) is 89.5 Å². The Balaban J connectivity index is 2.44. The minimum Gasteiger partial charge on any atom is -0.334 e. The van der Waals surface area contributed by atoms with Gasteiger partial charge in [-0.3, -0.25) is 14.9 Å². The van der Waals surface area contributed by atoms with Crippen LogP contribution in [0.5, 0.6) is 0 Å². The van der Waals surface area contributed by atoms with E-state index in [0.29, 0.717) is 25.5 Å². The van der Waals surface area contributed by atoms with E-state index >= 15 is 0 Å². The molecule has 6 nitrogen and oxygen atoms in total. The van der Waals surface area contributed by atoms with Crippen LogP contribution < -0.4 is 5.73 Å². The maximum absolute atomic E-state index is 14.0. The number of carbonyl (C=O) groups excluding carboxylic acids is 1. The second kappa shape index (κ2) is 5.49. The number of nitro benzene ring substituents is 1. The molecule has 1 heterocycles. The zero-order chi connectivity index (χ0) is 14.9. The van der Waals surface area contributed by atoms with Crippen molar-refractivity contribution < 1.29 is 18.5 Å². The van der Waals surface area contributed by atoms with Crippen molar-refractivity contribution in [2.24, 2.45) is 5.73 Å². The van der Waals surface area contributed by atoms with Gasteiger partial charge in [-0.1, -0.05) is 0 Å². The summed E-state index contributed by atoms with van der Waals surface area (Å²) in [4.78, 5) is 23.1. The highest BCUT2D eigenvalue weighted by molar-refractivity contribution is 5.96. The standard InChI is InChI=1S/C12H13F2N3O3/c13-8-3-4-9(17(19)20)11(14)10(8)12(18)16-5-1-2-7(16)6-15/h3-4,7H,1-2,5-6,15H2. The lowest BCUT2D eigenvalue weighted by Gasteiger charge is -2.23. The summed E-state index contributed by atoms with van der Waals surface area (Å²) in [6.07, 6.45) is 1.34. The summed E-state index contributed by atoms with van der Waals surface area (Å²) in [5.41, 5.74) is 3.70. The number of nitrogens with zero attached hydrogens (tertiary/aromatic N) is 2. The van der Waals surface area contributed by atoms with Gasteiger partial charge in [0.05, 0.1) is 4.92 Å². The fourth-order valence-electron chi connectivity index (χ4n) is 2.37. The summed E-state index contributed by atoms with van der Waals surface area (Å²) < 4.78 is 27.6. The number of likely N-dealkylation sites (tertiary alicyclic amines) is 1. The Labute approximate surface area is 113 Å². The smallest absolute Gasteiger partial charge is 0.305 e. The summed E-state index contributed by atoms with van der Waals surface area (Å²) in [5.74, 6) is -3.44. The Morgan fingerprint density at radius 3 is 2.80 bits per heavy atom. The summed E-state index contributed by atoms with van der Waals surface area (Å²) in [5, 5.41) is 10.6. The normalized spacial score (nSPS) is 18.4. The fourth-order valence-corrected chi connectivity index (χ4v) is 2.37. The number of carbonyl (C=O) groups is 1. The van der Waals surface area contributed by atoms with E-state index in [-0.39, 0.29) is 12.6 Å². The van der Waals surface area contributed by atoms with Gasteiger partial charge in [0, 0.05) is 25.2 Å². The molecule has 20 heavy (non-hydrogen) atoms. The van der Waals surface area contributed by atoms with Gasteiger partial charge in [-0.05, 0) is 18.9 Å². The van der Waals surface area contributed by atoms with Gasteiger partial charge in [0.15, 0.2) is 0 Å². The van der Waals surface area contributed by atoms with Crippen LogP contribution >= 0.6 is 0 Å². The molecule has 0 aliphatic carbocycles. The van der Waals surface area contributed by atoms with Gasteiger partial charge >= 0.3 is 5.69 Å². The number of halogens is 2. The molecule has 1 fully saturated rings. The highest BCUT2D eigenvalue weighted by Crippen LogP contribution is 2.27. The molecular weight excluding hydrogens is 272 g/mol. The van der Waals surface area contributed by atoms with Crippen LogP contribution in [0.3, 0.4) is 0 Å². The first-order valence-electron chi connectivity index (χ1n) is 6.10. The van der Waals surface area contributed by atoms with Crippen molar-refractivity contribution in [3.63, 3.8) is 0 Å². The van der Waals surface area contributed by atoms with Gasteiger partial charge in [0.25, 0.3) is 5.91 Å². The number of hydrogen-bond acceptors (Lipinski definition) is 4. The Kier molecular flexibility index (Phi) is 3.93. The minimum absolute atomic E-state index is 0.184. The SMILES string of the molecule is NCC1CCCN1C(=O)c1c(F)ccc([N+](=O)[O-])c1F. The quantitative estimate of drug-likeness (QED) is 0.672. The molecule has 0 radical (unpaired) electrons. The molecule has 1 unspecified atom stereocenters.